The molecule has 1 amide bonds. The number of hydrogen-bond donors (Lipinski definition) is 2. The van der Waals surface area contributed by atoms with Crippen molar-refractivity contribution >= 4 is 18.3 Å². The quantitative estimate of drug-likeness (QED) is 0.543. The van der Waals surface area contributed by atoms with Gasteiger partial charge in [0.05, 0.1) is 6.61 Å². The Bertz CT molecular complexity index is 385. The molecule has 20 heavy (non-hydrogen) atoms. The molecule has 3 N–H and O–H groups in total. The third kappa shape index (κ3) is 7.94. The molecule has 5 heteroatoms. The minimum atomic E-state index is -0.165. The van der Waals surface area contributed by atoms with Crippen LogP contribution in [0.5, 0.6) is 0 Å². The van der Waals surface area contributed by atoms with E-state index in [0.29, 0.717) is 32.6 Å². The van der Waals surface area contributed by atoms with E-state index in [1.54, 1.807) is 6.08 Å². The average Bonchev–Trinajstić information content (AvgIpc) is 2.45. The zero-order valence-corrected chi connectivity index (χ0v) is 12.4. The molecule has 0 saturated heterocycles. The average molecular weight is 299 g/mol. The van der Waals surface area contributed by atoms with Crippen molar-refractivity contribution in [1.29, 1.82) is 0 Å². The van der Waals surface area contributed by atoms with Crippen molar-refractivity contribution in [2.75, 3.05) is 19.8 Å². The number of carbonyl (C=O) groups is 1. The van der Waals surface area contributed by atoms with Crippen LogP contribution in [0.3, 0.4) is 0 Å². The highest BCUT2D eigenvalue weighted by Gasteiger charge is 2.07. The molecule has 0 heterocycles. The molecule has 0 radical (unpaired) electrons. The van der Waals surface area contributed by atoms with E-state index < -0.39 is 0 Å². The van der Waals surface area contributed by atoms with Crippen LogP contribution < -0.4 is 11.1 Å². The summed E-state index contributed by atoms with van der Waals surface area (Å²) in [6.45, 7) is 5.11. The fraction of sp³-hybridized carbons (Fsp3) is 0.400. The summed E-state index contributed by atoms with van der Waals surface area (Å²) < 4.78 is 5.21. The zero-order valence-electron chi connectivity index (χ0n) is 11.6. The summed E-state index contributed by atoms with van der Waals surface area (Å²) in [5.41, 5.74) is 7.01. The van der Waals surface area contributed by atoms with E-state index in [-0.39, 0.29) is 24.4 Å². The molecule has 1 aromatic rings. The van der Waals surface area contributed by atoms with Crippen LogP contribution in [0.4, 0.5) is 0 Å². The van der Waals surface area contributed by atoms with Gasteiger partial charge in [0, 0.05) is 25.6 Å². The van der Waals surface area contributed by atoms with Gasteiger partial charge in [0.2, 0.25) is 5.91 Å². The van der Waals surface area contributed by atoms with Crippen molar-refractivity contribution in [3.05, 3.63) is 48.6 Å². The maximum atomic E-state index is 11.6. The number of benzene rings is 1. The van der Waals surface area contributed by atoms with E-state index in [0.717, 1.165) is 5.56 Å². The van der Waals surface area contributed by atoms with Gasteiger partial charge in [-0.1, -0.05) is 36.4 Å². The molecule has 1 atom stereocenters. The van der Waals surface area contributed by atoms with Crippen molar-refractivity contribution in [3.8, 4) is 0 Å². The second-order valence-corrected chi connectivity index (χ2v) is 4.29. The fourth-order valence-electron chi connectivity index (χ4n) is 1.63. The predicted molar refractivity (Wildman–Crippen MR) is 83.9 cm³/mol. The van der Waals surface area contributed by atoms with Gasteiger partial charge in [0.15, 0.2) is 0 Å². The molecule has 1 rings (SSSR count). The first-order valence-corrected chi connectivity index (χ1v) is 6.50. The molecular formula is C15H23ClN2O2. The number of ether oxygens (including phenoxy) is 1. The Morgan fingerprint density at radius 2 is 2.10 bits per heavy atom. The molecular weight excluding hydrogens is 276 g/mol. The largest absolute Gasteiger partial charge is 0.377 e. The van der Waals surface area contributed by atoms with Crippen LogP contribution in [0, 0.1) is 0 Å². The highest BCUT2D eigenvalue weighted by atomic mass is 35.5. The van der Waals surface area contributed by atoms with E-state index in [1.165, 1.54) is 0 Å². The summed E-state index contributed by atoms with van der Waals surface area (Å²) in [6, 6.07) is 9.57. The lowest BCUT2D eigenvalue weighted by atomic mass is 10.1. The first-order valence-electron chi connectivity index (χ1n) is 6.50. The molecule has 112 valence electrons. The van der Waals surface area contributed by atoms with E-state index in [1.807, 2.05) is 30.3 Å². The van der Waals surface area contributed by atoms with Crippen molar-refractivity contribution in [3.63, 3.8) is 0 Å². The van der Waals surface area contributed by atoms with Crippen molar-refractivity contribution in [1.82, 2.24) is 5.32 Å². The number of amides is 1. The van der Waals surface area contributed by atoms with Gasteiger partial charge in [0.25, 0.3) is 0 Å². The lowest BCUT2D eigenvalue weighted by Crippen LogP contribution is -2.31. The van der Waals surface area contributed by atoms with Crippen LogP contribution in [0.1, 0.15) is 24.4 Å². The summed E-state index contributed by atoms with van der Waals surface area (Å²) in [4.78, 5) is 11.6. The normalized spacial score (nSPS) is 11.2. The molecule has 1 unspecified atom stereocenters. The van der Waals surface area contributed by atoms with Gasteiger partial charge in [-0.3, -0.25) is 4.79 Å². The number of carbonyl (C=O) groups excluding carboxylic acids is 1. The summed E-state index contributed by atoms with van der Waals surface area (Å²) in [5.74, 6) is 0.00795. The lowest BCUT2D eigenvalue weighted by molar-refractivity contribution is -0.121. The first-order chi connectivity index (χ1) is 9.24. The topological polar surface area (TPSA) is 64.3 Å². The van der Waals surface area contributed by atoms with Gasteiger partial charge >= 0.3 is 0 Å². The van der Waals surface area contributed by atoms with Gasteiger partial charge in [-0.05, 0) is 12.0 Å². The molecule has 0 aliphatic carbocycles. The second kappa shape index (κ2) is 11.5. The van der Waals surface area contributed by atoms with Crippen LogP contribution in [0.2, 0.25) is 0 Å². The minimum Gasteiger partial charge on any atom is -0.377 e. The zero-order chi connectivity index (χ0) is 13.9. The number of nitrogens with one attached hydrogen (secondary N) is 1. The standard InChI is InChI=1S/C15H22N2O2.ClH/c1-2-10-19-11-6-9-15(18)17-12-14(16)13-7-4-3-5-8-13;/h2-5,7-8,14H,1,6,9-12,16H2,(H,17,18);1H. The summed E-state index contributed by atoms with van der Waals surface area (Å²) in [5, 5.41) is 2.83. The van der Waals surface area contributed by atoms with E-state index in [9.17, 15) is 4.79 Å². The third-order valence-corrected chi connectivity index (χ3v) is 2.68. The van der Waals surface area contributed by atoms with Crippen LogP contribution in [0.15, 0.2) is 43.0 Å². The highest BCUT2D eigenvalue weighted by Crippen LogP contribution is 2.07. The van der Waals surface area contributed by atoms with Crippen molar-refractivity contribution in [2.24, 2.45) is 5.73 Å². The maximum Gasteiger partial charge on any atom is 0.220 e. The molecule has 0 aliphatic heterocycles. The monoisotopic (exact) mass is 298 g/mol. The Morgan fingerprint density at radius 1 is 1.40 bits per heavy atom. The Hall–Kier alpha value is -1.36. The predicted octanol–water partition coefficient (Wildman–Crippen LogP) is 2.21. The van der Waals surface area contributed by atoms with Crippen LogP contribution >= 0.6 is 12.4 Å². The summed E-state index contributed by atoms with van der Waals surface area (Å²) in [7, 11) is 0. The number of nitrogens with two attached hydrogens (primary N) is 1. The maximum absolute atomic E-state index is 11.6. The lowest BCUT2D eigenvalue weighted by Gasteiger charge is -2.13. The Balaban J connectivity index is 0.00000361. The minimum absolute atomic E-state index is 0. The molecule has 0 spiro atoms. The first kappa shape index (κ1) is 18.6. The Kier molecular flexibility index (Phi) is 10.7. The van der Waals surface area contributed by atoms with Gasteiger partial charge in [-0.2, -0.15) is 0 Å². The molecule has 0 bridgehead atoms. The van der Waals surface area contributed by atoms with Gasteiger partial charge in [-0.25, -0.2) is 0 Å². The SMILES string of the molecule is C=CCOCCCC(=O)NCC(N)c1ccccc1.Cl. The Morgan fingerprint density at radius 3 is 2.75 bits per heavy atom. The summed E-state index contributed by atoms with van der Waals surface area (Å²) in [6.07, 6.45) is 2.86. The molecule has 0 aliphatic rings. The van der Waals surface area contributed by atoms with Gasteiger partial charge < -0.3 is 15.8 Å². The van der Waals surface area contributed by atoms with E-state index in [4.69, 9.17) is 10.5 Å². The van der Waals surface area contributed by atoms with Crippen molar-refractivity contribution in [2.45, 2.75) is 18.9 Å². The molecule has 4 nitrogen and oxygen atoms in total. The molecule has 0 saturated carbocycles. The summed E-state index contributed by atoms with van der Waals surface area (Å²) >= 11 is 0. The van der Waals surface area contributed by atoms with Crippen LogP contribution in [-0.4, -0.2) is 25.7 Å². The van der Waals surface area contributed by atoms with Crippen LogP contribution in [0.25, 0.3) is 0 Å². The van der Waals surface area contributed by atoms with E-state index in [2.05, 4.69) is 11.9 Å². The number of halogens is 1. The molecule has 1 aromatic carbocycles. The van der Waals surface area contributed by atoms with E-state index >= 15 is 0 Å². The number of hydrogen-bond acceptors (Lipinski definition) is 3. The molecule has 0 fully saturated rings. The fourth-order valence-corrected chi connectivity index (χ4v) is 1.63. The number of rotatable bonds is 9. The van der Waals surface area contributed by atoms with Gasteiger partial charge in [0.1, 0.15) is 0 Å². The van der Waals surface area contributed by atoms with Gasteiger partial charge in [-0.15, -0.1) is 19.0 Å². The highest BCUT2D eigenvalue weighted by molar-refractivity contribution is 5.85. The second-order valence-electron chi connectivity index (χ2n) is 4.29. The van der Waals surface area contributed by atoms with Crippen molar-refractivity contribution < 1.29 is 9.53 Å². The Labute approximate surface area is 126 Å². The smallest absolute Gasteiger partial charge is 0.220 e. The molecule has 0 aromatic heterocycles. The third-order valence-electron chi connectivity index (χ3n) is 2.68. The van der Waals surface area contributed by atoms with Crippen LogP contribution in [-0.2, 0) is 9.53 Å².